The Kier molecular flexibility index (Phi) is 4.16. The highest BCUT2D eigenvalue weighted by molar-refractivity contribution is 14.1. The Morgan fingerprint density at radius 3 is 2.11 bits per heavy atom. The maximum Gasteiger partial charge on any atom is 0.128 e. The molecule has 0 spiro atoms. The van der Waals surface area contributed by atoms with E-state index in [1.165, 1.54) is 12.1 Å². The standard InChI is InChI=1S/C14H12F2IN/c1-9(10-2-4-13(17)5-3-10)18-14-7-11(15)6-12(16)8-14/h2-9,18H,1H3. The number of anilines is 1. The lowest BCUT2D eigenvalue weighted by atomic mass is 10.1. The van der Waals surface area contributed by atoms with Gasteiger partial charge in [-0.2, -0.15) is 0 Å². The average Bonchev–Trinajstić information content (AvgIpc) is 2.28. The number of hydrogen-bond donors (Lipinski definition) is 1. The Labute approximate surface area is 118 Å². The first-order valence-electron chi connectivity index (χ1n) is 5.53. The van der Waals surface area contributed by atoms with Gasteiger partial charge in [-0.25, -0.2) is 8.78 Å². The van der Waals surface area contributed by atoms with Gasteiger partial charge in [0.05, 0.1) is 0 Å². The highest BCUT2D eigenvalue weighted by Crippen LogP contribution is 2.21. The van der Waals surface area contributed by atoms with Gasteiger partial charge in [0.2, 0.25) is 0 Å². The van der Waals surface area contributed by atoms with E-state index in [1.54, 1.807) is 0 Å². The number of hydrogen-bond acceptors (Lipinski definition) is 1. The van der Waals surface area contributed by atoms with Crippen LogP contribution >= 0.6 is 22.6 Å². The molecule has 0 saturated carbocycles. The predicted molar refractivity (Wildman–Crippen MR) is 77.6 cm³/mol. The number of halogens is 3. The van der Waals surface area contributed by atoms with E-state index in [9.17, 15) is 8.78 Å². The molecule has 18 heavy (non-hydrogen) atoms. The van der Waals surface area contributed by atoms with E-state index in [2.05, 4.69) is 27.9 Å². The first-order valence-corrected chi connectivity index (χ1v) is 6.60. The van der Waals surface area contributed by atoms with E-state index in [0.29, 0.717) is 5.69 Å². The zero-order valence-corrected chi connectivity index (χ0v) is 11.9. The zero-order chi connectivity index (χ0) is 13.1. The molecule has 94 valence electrons. The molecule has 0 heterocycles. The Balaban J connectivity index is 2.15. The van der Waals surface area contributed by atoms with Crippen molar-refractivity contribution in [1.29, 1.82) is 0 Å². The fraction of sp³-hybridized carbons (Fsp3) is 0.143. The SMILES string of the molecule is CC(Nc1cc(F)cc(F)c1)c1ccc(I)cc1. The van der Waals surface area contributed by atoms with Crippen LogP contribution in [-0.2, 0) is 0 Å². The molecular weight excluding hydrogens is 347 g/mol. The van der Waals surface area contributed by atoms with Crippen LogP contribution in [0.3, 0.4) is 0 Å². The molecule has 2 rings (SSSR count). The molecule has 4 heteroatoms. The van der Waals surface area contributed by atoms with E-state index in [-0.39, 0.29) is 6.04 Å². The second kappa shape index (κ2) is 5.65. The topological polar surface area (TPSA) is 12.0 Å². The second-order valence-electron chi connectivity index (χ2n) is 4.08. The molecule has 1 nitrogen and oxygen atoms in total. The number of nitrogens with one attached hydrogen (secondary N) is 1. The summed E-state index contributed by atoms with van der Waals surface area (Å²) in [4.78, 5) is 0. The van der Waals surface area contributed by atoms with E-state index >= 15 is 0 Å². The van der Waals surface area contributed by atoms with Crippen LogP contribution in [0, 0.1) is 15.2 Å². The van der Waals surface area contributed by atoms with Gasteiger partial charge in [-0.1, -0.05) is 12.1 Å². The minimum atomic E-state index is -0.577. The Morgan fingerprint density at radius 2 is 1.56 bits per heavy atom. The van der Waals surface area contributed by atoms with Crippen LogP contribution in [-0.4, -0.2) is 0 Å². The molecule has 0 radical (unpaired) electrons. The first-order chi connectivity index (χ1) is 8.54. The van der Waals surface area contributed by atoms with Crippen molar-refractivity contribution in [3.05, 3.63) is 63.2 Å². The molecule has 2 aromatic carbocycles. The molecule has 0 aliphatic rings. The third kappa shape index (κ3) is 3.41. The van der Waals surface area contributed by atoms with Gasteiger partial charge < -0.3 is 5.32 Å². The molecule has 0 aromatic heterocycles. The first kappa shape index (κ1) is 13.3. The third-order valence-electron chi connectivity index (χ3n) is 2.62. The van der Waals surface area contributed by atoms with Crippen LogP contribution in [0.2, 0.25) is 0 Å². The Hall–Kier alpha value is -1.17. The van der Waals surface area contributed by atoms with Crippen molar-refractivity contribution in [2.45, 2.75) is 13.0 Å². The molecular formula is C14H12F2IN. The van der Waals surface area contributed by atoms with Crippen LogP contribution in [0.15, 0.2) is 42.5 Å². The third-order valence-corrected chi connectivity index (χ3v) is 3.33. The van der Waals surface area contributed by atoms with Crippen molar-refractivity contribution in [3.63, 3.8) is 0 Å². The molecule has 0 aliphatic carbocycles. The number of rotatable bonds is 3. The van der Waals surface area contributed by atoms with Gasteiger partial charge in [0.25, 0.3) is 0 Å². The summed E-state index contributed by atoms with van der Waals surface area (Å²) in [7, 11) is 0. The molecule has 0 amide bonds. The largest absolute Gasteiger partial charge is 0.378 e. The van der Waals surface area contributed by atoms with E-state index in [1.807, 2.05) is 31.2 Å². The molecule has 1 N–H and O–H groups in total. The smallest absolute Gasteiger partial charge is 0.128 e. The molecule has 0 aliphatic heterocycles. The van der Waals surface area contributed by atoms with Crippen LogP contribution in [0.5, 0.6) is 0 Å². The van der Waals surface area contributed by atoms with Gasteiger partial charge in [0, 0.05) is 21.4 Å². The van der Waals surface area contributed by atoms with Crippen molar-refractivity contribution in [2.24, 2.45) is 0 Å². The molecule has 2 aromatic rings. The second-order valence-corrected chi connectivity index (χ2v) is 5.32. The van der Waals surface area contributed by atoms with Crippen molar-refractivity contribution in [2.75, 3.05) is 5.32 Å². The van der Waals surface area contributed by atoms with E-state index < -0.39 is 11.6 Å². The summed E-state index contributed by atoms with van der Waals surface area (Å²) in [6.45, 7) is 1.95. The fourth-order valence-electron chi connectivity index (χ4n) is 1.72. The van der Waals surface area contributed by atoms with Crippen LogP contribution in [0.1, 0.15) is 18.5 Å². The van der Waals surface area contributed by atoms with Crippen LogP contribution in [0.4, 0.5) is 14.5 Å². The summed E-state index contributed by atoms with van der Waals surface area (Å²) in [5.41, 5.74) is 1.51. The highest BCUT2D eigenvalue weighted by atomic mass is 127. The number of benzene rings is 2. The minimum absolute atomic E-state index is 0.0109. The zero-order valence-electron chi connectivity index (χ0n) is 9.75. The summed E-state index contributed by atoms with van der Waals surface area (Å²) in [6, 6.07) is 11.4. The fourth-order valence-corrected chi connectivity index (χ4v) is 2.08. The lowest BCUT2D eigenvalue weighted by Crippen LogP contribution is -2.07. The van der Waals surface area contributed by atoms with Gasteiger partial charge in [0.15, 0.2) is 0 Å². The molecule has 0 saturated heterocycles. The van der Waals surface area contributed by atoms with Crippen LogP contribution in [0.25, 0.3) is 0 Å². The Morgan fingerprint density at radius 1 is 1.00 bits per heavy atom. The van der Waals surface area contributed by atoms with Gasteiger partial charge in [-0.3, -0.25) is 0 Å². The van der Waals surface area contributed by atoms with Gasteiger partial charge in [-0.05, 0) is 59.3 Å². The summed E-state index contributed by atoms with van der Waals surface area (Å²) >= 11 is 2.23. The summed E-state index contributed by atoms with van der Waals surface area (Å²) in [6.07, 6.45) is 0. The summed E-state index contributed by atoms with van der Waals surface area (Å²) in [5.74, 6) is -1.15. The van der Waals surface area contributed by atoms with Crippen LogP contribution < -0.4 is 5.32 Å². The lowest BCUT2D eigenvalue weighted by Gasteiger charge is -2.16. The highest BCUT2D eigenvalue weighted by Gasteiger charge is 2.07. The van der Waals surface area contributed by atoms with Crippen molar-refractivity contribution in [1.82, 2.24) is 0 Å². The predicted octanol–water partition coefficient (Wildman–Crippen LogP) is 4.74. The quantitative estimate of drug-likeness (QED) is 0.781. The van der Waals surface area contributed by atoms with Crippen molar-refractivity contribution < 1.29 is 8.78 Å². The average molecular weight is 359 g/mol. The molecule has 0 bridgehead atoms. The van der Waals surface area contributed by atoms with Gasteiger partial charge in [0.1, 0.15) is 11.6 Å². The van der Waals surface area contributed by atoms with Gasteiger partial charge >= 0.3 is 0 Å². The van der Waals surface area contributed by atoms with Gasteiger partial charge in [-0.15, -0.1) is 0 Å². The molecule has 1 atom stereocenters. The maximum atomic E-state index is 13.1. The molecule has 1 unspecified atom stereocenters. The van der Waals surface area contributed by atoms with E-state index in [0.717, 1.165) is 15.2 Å². The summed E-state index contributed by atoms with van der Waals surface area (Å²) < 4.78 is 27.3. The lowest BCUT2D eigenvalue weighted by molar-refractivity contribution is 0.583. The maximum absolute atomic E-state index is 13.1. The monoisotopic (exact) mass is 359 g/mol. The molecule has 0 fully saturated rings. The minimum Gasteiger partial charge on any atom is -0.378 e. The van der Waals surface area contributed by atoms with Crippen molar-refractivity contribution in [3.8, 4) is 0 Å². The van der Waals surface area contributed by atoms with Crippen molar-refractivity contribution >= 4 is 28.3 Å². The van der Waals surface area contributed by atoms with E-state index in [4.69, 9.17) is 0 Å². The Bertz CT molecular complexity index is 520. The normalized spacial score (nSPS) is 12.2. The summed E-state index contributed by atoms with van der Waals surface area (Å²) in [5, 5.41) is 3.08.